The summed E-state index contributed by atoms with van der Waals surface area (Å²) in [7, 11) is -4.69. The normalized spacial score (nSPS) is 12.4. The van der Waals surface area contributed by atoms with Crippen LogP contribution in [-0.2, 0) is 20.0 Å². The Kier molecular flexibility index (Phi) is 4.81. The number of anilines is 1. The Morgan fingerprint density at radius 2 is 1.48 bits per heavy atom. The minimum atomic E-state index is -3.91. The Morgan fingerprint density at radius 3 is 2.11 bits per heavy atom. The topological polar surface area (TPSA) is 114 Å². The molecule has 0 aliphatic carbocycles. The van der Waals surface area contributed by atoms with E-state index in [0.29, 0.717) is 5.39 Å². The van der Waals surface area contributed by atoms with Crippen molar-refractivity contribution < 1.29 is 21.3 Å². The van der Waals surface area contributed by atoms with E-state index in [1.165, 1.54) is 68.7 Å². The van der Waals surface area contributed by atoms with Crippen LogP contribution in [-0.4, -0.2) is 35.2 Å². The van der Waals surface area contributed by atoms with Crippen LogP contribution in [0.4, 0.5) is 5.69 Å². The summed E-state index contributed by atoms with van der Waals surface area (Å²) in [5.41, 5.74) is -0.0314. The van der Waals surface area contributed by atoms with Gasteiger partial charge in [-0.1, -0.05) is 0 Å². The summed E-state index contributed by atoms with van der Waals surface area (Å²) in [5, 5.41) is 0.463. The van der Waals surface area contributed by atoms with Crippen molar-refractivity contribution in [3.63, 3.8) is 0 Å². The summed E-state index contributed by atoms with van der Waals surface area (Å²) in [6, 6.07) is 12.2. The predicted molar refractivity (Wildman–Crippen MR) is 101 cm³/mol. The summed E-state index contributed by atoms with van der Waals surface area (Å²) < 4.78 is 57.7. The fraction of sp³-hybridized carbons (Fsp3) is 0.118. The minimum absolute atomic E-state index is 0.0196. The lowest BCUT2D eigenvalue weighted by Crippen LogP contribution is -2.22. The van der Waals surface area contributed by atoms with E-state index < -0.39 is 25.7 Å². The molecule has 10 heteroatoms. The number of hydrogen-bond acceptors (Lipinski definition) is 6. The zero-order valence-corrected chi connectivity index (χ0v) is 16.0. The molecular weight excluding hydrogens is 392 g/mol. The van der Waals surface area contributed by atoms with Crippen molar-refractivity contribution >= 4 is 36.7 Å². The molecule has 3 aromatic rings. The van der Waals surface area contributed by atoms with Crippen LogP contribution in [0.2, 0.25) is 0 Å². The van der Waals surface area contributed by atoms with Crippen molar-refractivity contribution in [2.45, 2.75) is 9.79 Å². The van der Waals surface area contributed by atoms with Gasteiger partial charge in [0.15, 0.2) is 0 Å². The molecule has 1 N–H and O–H groups in total. The van der Waals surface area contributed by atoms with Crippen LogP contribution in [0.15, 0.2) is 73.6 Å². The molecular formula is C17H16N2O6S2. The maximum absolute atomic E-state index is 12.6. The maximum Gasteiger partial charge on any atom is 0.336 e. The summed E-state index contributed by atoms with van der Waals surface area (Å²) in [5.74, 6) is 0. The fourth-order valence-corrected chi connectivity index (χ4v) is 4.33. The standard InChI is InChI=1S/C17H16N2O6S2/c1-19(2)27(23,24)14-6-4-13(5-7-14)18-26(21,22)15-8-9-16-12(11-15)3-10-17(20)25-16/h3-11,18H,1-2H3. The lowest BCUT2D eigenvalue weighted by atomic mass is 10.2. The van der Waals surface area contributed by atoms with Gasteiger partial charge in [0, 0.05) is 31.2 Å². The van der Waals surface area contributed by atoms with Gasteiger partial charge < -0.3 is 4.42 Å². The Morgan fingerprint density at radius 1 is 0.852 bits per heavy atom. The van der Waals surface area contributed by atoms with E-state index in [4.69, 9.17) is 4.42 Å². The van der Waals surface area contributed by atoms with Crippen molar-refractivity contribution in [2.24, 2.45) is 0 Å². The van der Waals surface area contributed by atoms with E-state index in [-0.39, 0.29) is 21.1 Å². The van der Waals surface area contributed by atoms with Crippen LogP contribution >= 0.6 is 0 Å². The van der Waals surface area contributed by atoms with E-state index in [0.717, 1.165) is 4.31 Å². The smallest absolute Gasteiger partial charge is 0.336 e. The van der Waals surface area contributed by atoms with Gasteiger partial charge in [0.2, 0.25) is 10.0 Å². The van der Waals surface area contributed by atoms with E-state index in [9.17, 15) is 21.6 Å². The molecule has 1 heterocycles. The molecule has 0 atom stereocenters. The quantitative estimate of drug-likeness (QED) is 0.645. The number of nitrogens with one attached hydrogen (secondary N) is 1. The van der Waals surface area contributed by atoms with Gasteiger partial charge in [0.1, 0.15) is 5.58 Å². The second-order valence-corrected chi connectivity index (χ2v) is 9.71. The lowest BCUT2D eigenvalue weighted by Gasteiger charge is -2.12. The number of hydrogen-bond donors (Lipinski definition) is 1. The summed E-state index contributed by atoms with van der Waals surface area (Å²) in [6.45, 7) is 0. The summed E-state index contributed by atoms with van der Waals surface area (Å²) in [6.07, 6.45) is 0. The van der Waals surface area contributed by atoms with Crippen LogP contribution in [0.5, 0.6) is 0 Å². The van der Waals surface area contributed by atoms with Gasteiger partial charge in [0.25, 0.3) is 10.0 Å². The first-order valence-electron chi connectivity index (χ1n) is 7.69. The predicted octanol–water partition coefficient (Wildman–Crippen LogP) is 1.84. The highest BCUT2D eigenvalue weighted by Crippen LogP contribution is 2.22. The van der Waals surface area contributed by atoms with Crippen LogP contribution in [0.3, 0.4) is 0 Å². The molecule has 1 aromatic heterocycles. The summed E-state index contributed by atoms with van der Waals surface area (Å²) in [4.78, 5) is 11.2. The van der Waals surface area contributed by atoms with Crippen molar-refractivity contribution in [1.29, 1.82) is 0 Å². The second kappa shape index (κ2) is 6.80. The molecule has 0 aliphatic heterocycles. The third-order valence-corrected chi connectivity index (χ3v) is 6.99. The molecule has 0 fully saturated rings. The van der Waals surface area contributed by atoms with E-state index in [1.807, 2.05) is 0 Å². The highest BCUT2D eigenvalue weighted by molar-refractivity contribution is 7.92. The van der Waals surface area contributed by atoms with Crippen LogP contribution in [0.25, 0.3) is 11.0 Å². The van der Waals surface area contributed by atoms with Crippen molar-refractivity contribution in [1.82, 2.24) is 4.31 Å². The number of sulfonamides is 2. The van der Waals surface area contributed by atoms with Crippen LogP contribution in [0, 0.1) is 0 Å². The molecule has 0 aliphatic rings. The molecule has 0 amide bonds. The van der Waals surface area contributed by atoms with Crippen molar-refractivity contribution in [2.75, 3.05) is 18.8 Å². The molecule has 0 radical (unpaired) electrons. The third kappa shape index (κ3) is 3.87. The minimum Gasteiger partial charge on any atom is -0.423 e. The third-order valence-electron chi connectivity index (χ3n) is 3.79. The molecule has 8 nitrogen and oxygen atoms in total. The average Bonchev–Trinajstić information content (AvgIpc) is 2.61. The maximum atomic E-state index is 12.6. The number of fused-ring (bicyclic) bond motifs is 1. The molecule has 27 heavy (non-hydrogen) atoms. The van der Waals surface area contributed by atoms with Gasteiger partial charge in [-0.15, -0.1) is 0 Å². The molecule has 0 unspecified atom stereocenters. The molecule has 0 saturated heterocycles. The molecule has 0 saturated carbocycles. The van der Waals surface area contributed by atoms with Crippen LogP contribution < -0.4 is 10.3 Å². The van der Waals surface area contributed by atoms with Gasteiger partial charge in [-0.05, 0) is 48.5 Å². The first kappa shape index (κ1) is 19.1. The zero-order valence-electron chi connectivity index (χ0n) is 14.4. The first-order valence-corrected chi connectivity index (χ1v) is 10.6. The number of rotatable bonds is 5. The van der Waals surface area contributed by atoms with Gasteiger partial charge in [-0.3, -0.25) is 4.72 Å². The largest absolute Gasteiger partial charge is 0.423 e. The molecule has 142 valence electrons. The number of nitrogens with zero attached hydrogens (tertiary/aromatic N) is 1. The number of benzene rings is 2. The Hall–Kier alpha value is -2.69. The van der Waals surface area contributed by atoms with Gasteiger partial charge in [-0.25, -0.2) is 25.9 Å². The van der Waals surface area contributed by atoms with Gasteiger partial charge in [0.05, 0.1) is 9.79 Å². The highest BCUT2D eigenvalue weighted by Gasteiger charge is 2.18. The first-order chi connectivity index (χ1) is 12.6. The highest BCUT2D eigenvalue weighted by atomic mass is 32.2. The Balaban J connectivity index is 1.90. The Labute approximate surface area is 156 Å². The lowest BCUT2D eigenvalue weighted by molar-refractivity contribution is 0.521. The van der Waals surface area contributed by atoms with E-state index >= 15 is 0 Å². The fourth-order valence-electron chi connectivity index (χ4n) is 2.34. The average molecular weight is 408 g/mol. The molecule has 2 aromatic carbocycles. The van der Waals surface area contributed by atoms with Crippen molar-refractivity contribution in [3.05, 3.63) is 65.0 Å². The van der Waals surface area contributed by atoms with E-state index in [2.05, 4.69) is 4.72 Å². The van der Waals surface area contributed by atoms with Crippen LogP contribution in [0.1, 0.15) is 0 Å². The molecule has 0 bridgehead atoms. The SMILES string of the molecule is CN(C)S(=O)(=O)c1ccc(NS(=O)(=O)c2ccc3oc(=O)ccc3c2)cc1. The molecule has 0 spiro atoms. The van der Waals surface area contributed by atoms with Crippen molar-refractivity contribution in [3.8, 4) is 0 Å². The monoisotopic (exact) mass is 408 g/mol. The second-order valence-electron chi connectivity index (χ2n) is 5.87. The van der Waals surface area contributed by atoms with Gasteiger partial charge in [-0.2, -0.15) is 0 Å². The Bertz CT molecular complexity index is 1260. The van der Waals surface area contributed by atoms with Gasteiger partial charge >= 0.3 is 5.63 Å². The molecule has 3 rings (SSSR count). The zero-order chi connectivity index (χ0) is 19.8. The summed E-state index contributed by atoms with van der Waals surface area (Å²) >= 11 is 0. The van der Waals surface area contributed by atoms with E-state index in [1.54, 1.807) is 0 Å².